The van der Waals surface area contributed by atoms with Gasteiger partial charge in [-0.3, -0.25) is 4.79 Å². The van der Waals surface area contributed by atoms with Gasteiger partial charge in [0.25, 0.3) is 0 Å². The summed E-state index contributed by atoms with van der Waals surface area (Å²) in [6.07, 6.45) is 3.59. The Morgan fingerprint density at radius 2 is 2.17 bits per heavy atom. The number of halogens is 1. The third-order valence-corrected chi connectivity index (χ3v) is 3.68. The fourth-order valence-corrected chi connectivity index (χ4v) is 2.76. The predicted octanol–water partition coefficient (Wildman–Crippen LogP) is 4.52. The molecule has 0 amide bonds. The number of carboxylic acid groups (broad SMARTS) is 1. The van der Waals surface area contributed by atoms with E-state index in [-0.39, 0.29) is 5.92 Å². The van der Waals surface area contributed by atoms with Crippen LogP contribution in [0.4, 0.5) is 0 Å². The summed E-state index contributed by atoms with van der Waals surface area (Å²) in [5, 5.41) is 9.31. The van der Waals surface area contributed by atoms with E-state index in [0.29, 0.717) is 12.3 Å². The second kappa shape index (κ2) is 7.57. The Hall–Kier alpha value is -0.830. The van der Waals surface area contributed by atoms with E-state index in [1.165, 1.54) is 0 Å². The fourth-order valence-electron chi connectivity index (χ4n) is 2.32. The van der Waals surface area contributed by atoms with Gasteiger partial charge in [0.1, 0.15) is 0 Å². The van der Waals surface area contributed by atoms with E-state index in [0.717, 1.165) is 29.3 Å². The molecule has 100 valence electrons. The van der Waals surface area contributed by atoms with Crippen molar-refractivity contribution in [2.45, 2.75) is 39.5 Å². The Morgan fingerprint density at radius 1 is 1.44 bits per heavy atom. The normalized spacial score (nSPS) is 14.2. The smallest absolute Gasteiger partial charge is 0.306 e. The molecule has 2 nitrogen and oxygen atoms in total. The maximum Gasteiger partial charge on any atom is 0.306 e. The van der Waals surface area contributed by atoms with Gasteiger partial charge < -0.3 is 5.11 Å². The molecule has 0 saturated heterocycles. The minimum Gasteiger partial charge on any atom is -0.481 e. The van der Waals surface area contributed by atoms with Crippen LogP contribution in [-0.2, 0) is 11.2 Å². The van der Waals surface area contributed by atoms with E-state index in [1.807, 2.05) is 24.3 Å². The first kappa shape index (κ1) is 15.2. The quantitative estimate of drug-likeness (QED) is 0.803. The molecule has 1 aromatic rings. The van der Waals surface area contributed by atoms with Crippen LogP contribution in [0.25, 0.3) is 0 Å². The van der Waals surface area contributed by atoms with Crippen LogP contribution >= 0.6 is 15.9 Å². The molecule has 1 N–H and O–H groups in total. The van der Waals surface area contributed by atoms with E-state index in [1.54, 1.807) is 0 Å². The Bertz CT molecular complexity index is 390. The summed E-state index contributed by atoms with van der Waals surface area (Å²) in [4.78, 5) is 11.3. The van der Waals surface area contributed by atoms with Crippen molar-refractivity contribution in [3.8, 4) is 0 Å². The molecule has 2 unspecified atom stereocenters. The zero-order valence-electron chi connectivity index (χ0n) is 11.0. The van der Waals surface area contributed by atoms with Gasteiger partial charge in [-0.2, -0.15) is 0 Å². The van der Waals surface area contributed by atoms with Crippen LogP contribution in [-0.4, -0.2) is 11.1 Å². The van der Waals surface area contributed by atoms with Gasteiger partial charge in [-0.25, -0.2) is 0 Å². The monoisotopic (exact) mass is 312 g/mol. The number of carbonyl (C=O) groups is 1. The van der Waals surface area contributed by atoms with Gasteiger partial charge in [0.2, 0.25) is 0 Å². The molecule has 0 aliphatic heterocycles. The topological polar surface area (TPSA) is 37.3 Å². The van der Waals surface area contributed by atoms with Crippen molar-refractivity contribution in [2.75, 3.05) is 0 Å². The summed E-state index contributed by atoms with van der Waals surface area (Å²) in [7, 11) is 0. The van der Waals surface area contributed by atoms with Crippen LogP contribution < -0.4 is 0 Å². The lowest BCUT2D eigenvalue weighted by molar-refractivity contribution is -0.142. The summed E-state index contributed by atoms with van der Waals surface area (Å²) in [5.74, 6) is -0.484. The van der Waals surface area contributed by atoms with Crippen LogP contribution in [0.3, 0.4) is 0 Å². The van der Waals surface area contributed by atoms with Gasteiger partial charge in [-0.15, -0.1) is 0 Å². The molecular weight excluding hydrogens is 292 g/mol. The molecule has 0 heterocycles. The summed E-state index contributed by atoms with van der Waals surface area (Å²) < 4.78 is 1.01. The molecule has 0 saturated carbocycles. The molecule has 1 rings (SSSR count). The van der Waals surface area contributed by atoms with Crippen molar-refractivity contribution < 1.29 is 9.90 Å². The first-order chi connectivity index (χ1) is 8.52. The maximum atomic E-state index is 11.3. The molecule has 0 aliphatic carbocycles. The molecule has 2 atom stereocenters. The van der Waals surface area contributed by atoms with Crippen molar-refractivity contribution in [1.82, 2.24) is 0 Å². The maximum absolute atomic E-state index is 11.3. The summed E-state index contributed by atoms with van der Waals surface area (Å²) >= 11 is 3.42. The van der Waals surface area contributed by atoms with Gasteiger partial charge in [-0.1, -0.05) is 54.8 Å². The molecule has 1 aromatic carbocycles. The number of aliphatic carboxylic acids is 1. The number of hydrogen-bond acceptors (Lipinski definition) is 1. The zero-order valence-corrected chi connectivity index (χ0v) is 12.6. The van der Waals surface area contributed by atoms with E-state index in [2.05, 4.69) is 29.8 Å². The minimum absolute atomic E-state index is 0.277. The van der Waals surface area contributed by atoms with Crippen molar-refractivity contribution in [2.24, 2.45) is 11.8 Å². The average molecular weight is 313 g/mol. The Morgan fingerprint density at radius 3 is 2.72 bits per heavy atom. The highest BCUT2D eigenvalue weighted by atomic mass is 79.9. The molecule has 0 bridgehead atoms. The third-order valence-electron chi connectivity index (χ3n) is 3.19. The lowest BCUT2D eigenvalue weighted by Gasteiger charge is -2.17. The SMILES string of the molecule is CCCC(C)CC(Cc1cccc(Br)c1)C(=O)O. The van der Waals surface area contributed by atoms with E-state index < -0.39 is 5.97 Å². The van der Waals surface area contributed by atoms with Gasteiger partial charge >= 0.3 is 5.97 Å². The van der Waals surface area contributed by atoms with Gasteiger partial charge in [0, 0.05) is 4.47 Å². The highest BCUT2D eigenvalue weighted by Crippen LogP contribution is 2.22. The predicted molar refractivity (Wildman–Crippen MR) is 77.7 cm³/mol. The van der Waals surface area contributed by atoms with Crippen molar-refractivity contribution in [1.29, 1.82) is 0 Å². The minimum atomic E-state index is -0.682. The van der Waals surface area contributed by atoms with Crippen LogP contribution in [0.5, 0.6) is 0 Å². The van der Waals surface area contributed by atoms with E-state index in [9.17, 15) is 9.90 Å². The summed E-state index contributed by atoms with van der Waals surface area (Å²) in [6, 6.07) is 7.90. The highest BCUT2D eigenvalue weighted by Gasteiger charge is 2.20. The van der Waals surface area contributed by atoms with Crippen LogP contribution in [0, 0.1) is 11.8 Å². The van der Waals surface area contributed by atoms with Crippen LogP contribution in [0.1, 0.15) is 38.7 Å². The second-order valence-electron chi connectivity index (χ2n) is 5.00. The van der Waals surface area contributed by atoms with Gasteiger partial charge in [0.15, 0.2) is 0 Å². The van der Waals surface area contributed by atoms with Gasteiger partial charge in [0.05, 0.1) is 5.92 Å². The summed E-state index contributed by atoms with van der Waals surface area (Å²) in [6.45, 7) is 4.28. The number of benzene rings is 1. The van der Waals surface area contributed by atoms with Gasteiger partial charge in [-0.05, 0) is 36.5 Å². The fraction of sp³-hybridized carbons (Fsp3) is 0.533. The molecule has 0 spiro atoms. The first-order valence-electron chi connectivity index (χ1n) is 6.50. The Kier molecular flexibility index (Phi) is 6.41. The molecule has 0 aliphatic rings. The lowest BCUT2D eigenvalue weighted by Crippen LogP contribution is -2.19. The van der Waals surface area contributed by atoms with Crippen molar-refractivity contribution in [3.05, 3.63) is 34.3 Å². The van der Waals surface area contributed by atoms with Crippen LogP contribution in [0.2, 0.25) is 0 Å². The van der Waals surface area contributed by atoms with Crippen molar-refractivity contribution in [3.63, 3.8) is 0 Å². The number of carboxylic acids is 1. The lowest BCUT2D eigenvalue weighted by atomic mass is 9.88. The Balaban J connectivity index is 2.66. The molecule has 0 radical (unpaired) electrons. The largest absolute Gasteiger partial charge is 0.481 e. The van der Waals surface area contributed by atoms with Crippen molar-refractivity contribution >= 4 is 21.9 Å². The second-order valence-corrected chi connectivity index (χ2v) is 5.91. The standard InChI is InChI=1S/C15H21BrO2/c1-3-5-11(2)8-13(15(17)18)9-12-6-4-7-14(16)10-12/h4,6-7,10-11,13H,3,5,8-9H2,1-2H3,(H,17,18). The molecule has 0 aromatic heterocycles. The first-order valence-corrected chi connectivity index (χ1v) is 7.29. The summed E-state index contributed by atoms with van der Waals surface area (Å²) in [5.41, 5.74) is 1.08. The molecule has 0 fully saturated rings. The molecule has 18 heavy (non-hydrogen) atoms. The highest BCUT2D eigenvalue weighted by molar-refractivity contribution is 9.10. The van der Waals surface area contributed by atoms with Crippen LogP contribution in [0.15, 0.2) is 28.7 Å². The third kappa shape index (κ3) is 5.21. The number of rotatable bonds is 7. The number of hydrogen-bond donors (Lipinski definition) is 1. The van der Waals surface area contributed by atoms with E-state index >= 15 is 0 Å². The molecule has 3 heteroatoms. The Labute approximate surface area is 118 Å². The molecular formula is C15H21BrO2. The zero-order chi connectivity index (χ0) is 13.5. The average Bonchev–Trinajstić information content (AvgIpc) is 2.28. The van der Waals surface area contributed by atoms with E-state index in [4.69, 9.17) is 0 Å².